The number of nitro benzene ring substituents is 1. The molecule has 0 radical (unpaired) electrons. The molecule has 0 amide bonds. The minimum Gasteiger partial charge on any atom is -0.382 e. The minimum atomic E-state index is -0.601. The molecule has 1 aromatic rings. The second kappa shape index (κ2) is 6.39. The zero-order valence-electron chi connectivity index (χ0n) is 12.4. The molecule has 6 heteroatoms. The number of hydrogen-bond donors (Lipinski definition) is 1. The van der Waals surface area contributed by atoms with Gasteiger partial charge in [-0.25, -0.2) is 4.39 Å². The third-order valence-electron chi connectivity index (χ3n) is 4.25. The van der Waals surface area contributed by atoms with Crippen molar-refractivity contribution in [3.8, 4) is 0 Å². The molecule has 1 unspecified atom stereocenters. The molecule has 1 aromatic carbocycles. The molecule has 1 N–H and O–H groups in total. The van der Waals surface area contributed by atoms with Crippen molar-refractivity contribution in [1.82, 2.24) is 0 Å². The Bertz CT molecular complexity index is 518. The Balaban J connectivity index is 2.12. The smallest absolute Gasteiger partial charge is 0.274 e. The zero-order valence-corrected chi connectivity index (χ0v) is 12.4. The first-order valence-corrected chi connectivity index (χ1v) is 7.33. The number of ether oxygens (including phenoxy) is 1. The number of nitrogens with one attached hydrogen (secondary N) is 1. The van der Waals surface area contributed by atoms with E-state index in [0.29, 0.717) is 12.3 Å². The fraction of sp³-hybridized carbons (Fsp3) is 0.600. The van der Waals surface area contributed by atoms with E-state index in [1.165, 1.54) is 12.1 Å². The highest BCUT2D eigenvalue weighted by Gasteiger charge is 2.34. The summed E-state index contributed by atoms with van der Waals surface area (Å²) >= 11 is 0. The van der Waals surface area contributed by atoms with E-state index in [9.17, 15) is 14.5 Å². The minimum absolute atomic E-state index is 0.139. The summed E-state index contributed by atoms with van der Waals surface area (Å²) in [5.41, 5.74) is 0.0753. The van der Waals surface area contributed by atoms with Gasteiger partial charge in [-0.1, -0.05) is 13.8 Å². The van der Waals surface area contributed by atoms with Crippen LogP contribution in [-0.4, -0.2) is 23.2 Å². The monoisotopic (exact) mass is 296 g/mol. The highest BCUT2D eigenvalue weighted by atomic mass is 19.1. The largest absolute Gasteiger partial charge is 0.382 e. The van der Waals surface area contributed by atoms with E-state index in [1.807, 2.05) is 0 Å². The summed E-state index contributed by atoms with van der Waals surface area (Å²) in [5.74, 6) is -0.601. The molecule has 1 aliphatic rings. The van der Waals surface area contributed by atoms with Crippen LogP contribution in [0.2, 0.25) is 0 Å². The third kappa shape index (κ3) is 3.69. The number of non-ortho nitro benzene ring substituents is 1. The molecule has 1 fully saturated rings. The first-order chi connectivity index (χ1) is 9.98. The maximum absolute atomic E-state index is 13.5. The number of halogens is 1. The van der Waals surface area contributed by atoms with Crippen LogP contribution in [0.4, 0.5) is 15.8 Å². The van der Waals surface area contributed by atoms with Crippen LogP contribution in [0.3, 0.4) is 0 Å². The average molecular weight is 296 g/mol. The van der Waals surface area contributed by atoms with Gasteiger partial charge in [0.15, 0.2) is 0 Å². The standard InChI is InChI=1S/C15H21FN2O3/c1-3-15(4-2)10-12(5-6-21-15)17-13-7-11(16)8-14(9-13)18(19)20/h7-9,12,17H,3-6,10H2,1-2H3. The number of nitro groups is 1. The van der Waals surface area contributed by atoms with Crippen LogP contribution in [0.1, 0.15) is 39.5 Å². The fourth-order valence-corrected chi connectivity index (χ4v) is 2.89. The Labute approximate surface area is 123 Å². The van der Waals surface area contributed by atoms with Crippen LogP contribution >= 0.6 is 0 Å². The molecule has 0 saturated carbocycles. The molecule has 1 saturated heterocycles. The summed E-state index contributed by atoms with van der Waals surface area (Å²) in [6, 6.07) is 3.73. The molecule has 1 heterocycles. The zero-order chi connectivity index (χ0) is 15.5. The lowest BCUT2D eigenvalue weighted by molar-refractivity contribution is -0.385. The molecule has 2 rings (SSSR count). The molecular formula is C15H21FN2O3. The first kappa shape index (κ1) is 15.7. The Kier molecular flexibility index (Phi) is 4.77. The maximum Gasteiger partial charge on any atom is 0.274 e. The predicted octanol–water partition coefficient (Wildman–Crippen LogP) is 3.88. The molecular weight excluding hydrogens is 275 g/mol. The summed E-state index contributed by atoms with van der Waals surface area (Å²) in [5, 5.41) is 14.0. The molecule has 1 aliphatic heterocycles. The molecule has 1 atom stereocenters. The predicted molar refractivity (Wildman–Crippen MR) is 79.0 cm³/mol. The Morgan fingerprint density at radius 2 is 2.14 bits per heavy atom. The van der Waals surface area contributed by atoms with Crippen molar-refractivity contribution in [1.29, 1.82) is 0 Å². The van der Waals surface area contributed by atoms with Gasteiger partial charge in [0, 0.05) is 24.4 Å². The normalized spacial score (nSPS) is 21.0. The number of nitrogens with zero attached hydrogens (tertiary/aromatic N) is 1. The van der Waals surface area contributed by atoms with E-state index < -0.39 is 10.7 Å². The van der Waals surface area contributed by atoms with Gasteiger partial charge < -0.3 is 10.1 Å². The highest BCUT2D eigenvalue weighted by molar-refractivity contribution is 5.52. The van der Waals surface area contributed by atoms with Crippen molar-refractivity contribution < 1.29 is 14.1 Å². The van der Waals surface area contributed by atoms with Crippen LogP contribution in [0.5, 0.6) is 0 Å². The van der Waals surface area contributed by atoms with Crippen LogP contribution < -0.4 is 5.32 Å². The van der Waals surface area contributed by atoms with Crippen LogP contribution in [0.25, 0.3) is 0 Å². The Morgan fingerprint density at radius 3 is 2.76 bits per heavy atom. The Morgan fingerprint density at radius 1 is 1.43 bits per heavy atom. The summed E-state index contributed by atoms with van der Waals surface area (Å²) in [7, 11) is 0. The highest BCUT2D eigenvalue weighted by Crippen LogP contribution is 2.33. The van der Waals surface area contributed by atoms with Gasteiger partial charge in [-0.3, -0.25) is 10.1 Å². The van der Waals surface area contributed by atoms with Gasteiger partial charge in [0.25, 0.3) is 5.69 Å². The average Bonchev–Trinajstić information content (AvgIpc) is 2.46. The number of benzene rings is 1. The van der Waals surface area contributed by atoms with Crippen molar-refractivity contribution in [3.05, 3.63) is 34.1 Å². The Hall–Kier alpha value is -1.69. The van der Waals surface area contributed by atoms with Crippen LogP contribution in [-0.2, 0) is 4.74 Å². The molecule has 0 aromatic heterocycles. The van der Waals surface area contributed by atoms with Gasteiger partial charge in [-0.05, 0) is 31.7 Å². The van der Waals surface area contributed by atoms with Crippen molar-refractivity contribution in [2.24, 2.45) is 0 Å². The van der Waals surface area contributed by atoms with Gasteiger partial charge in [0.1, 0.15) is 5.82 Å². The summed E-state index contributed by atoms with van der Waals surface area (Å²) in [6.07, 6.45) is 3.48. The van der Waals surface area contributed by atoms with Gasteiger partial charge >= 0.3 is 0 Å². The second-order valence-corrected chi connectivity index (χ2v) is 5.53. The lowest BCUT2D eigenvalue weighted by atomic mass is 9.86. The second-order valence-electron chi connectivity index (χ2n) is 5.53. The van der Waals surface area contributed by atoms with E-state index in [4.69, 9.17) is 4.74 Å². The molecule has 0 aliphatic carbocycles. The van der Waals surface area contributed by atoms with E-state index in [-0.39, 0.29) is 17.3 Å². The van der Waals surface area contributed by atoms with Crippen molar-refractivity contribution in [3.63, 3.8) is 0 Å². The molecule has 5 nitrogen and oxygen atoms in total. The molecule has 0 bridgehead atoms. The van der Waals surface area contributed by atoms with E-state index in [1.54, 1.807) is 0 Å². The quantitative estimate of drug-likeness (QED) is 0.661. The van der Waals surface area contributed by atoms with Crippen LogP contribution in [0.15, 0.2) is 18.2 Å². The number of hydrogen-bond acceptors (Lipinski definition) is 4. The van der Waals surface area contributed by atoms with Gasteiger partial charge in [0.05, 0.1) is 16.6 Å². The van der Waals surface area contributed by atoms with Gasteiger partial charge in [0.2, 0.25) is 0 Å². The summed E-state index contributed by atoms with van der Waals surface area (Å²) < 4.78 is 19.4. The maximum atomic E-state index is 13.5. The molecule has 21 heavy (non-hydrogen) atoms. The number of rotatable bonds is 5. The summed E-state index contributed by atoms with van der Waals surface area (Å²) in [6.45, 7) is 4.84. The third-order valence-corrected chi connectivity index (χ3v) is 4.25. The van der Waals surface area contributed by atoms with E-state index in [2.05, 4.69) is 19.2 Å². The SMILES string of the molecule is CCC1(CC)CC(Nc2cc(F)cc([N+](=O)[O-])c2)CCO1. The van der Waals surface area contributed by atoms with E-state index >= 15 is 0 Å². The number of anilines is 1. The van der Waals surface area contributed by atoms with E-state index in [0.717, 1.165) is 31.7 Å². The molecule has 116 valence electrons. The van der Waals surface area contributed by atoms with Crippen LogP contribution in [0, 0.1) is 15.9 Å². The topological polar surface area (TPSA) is 64.4 Å². The van der Waals surface area contributed by atoms with Crippen molar-refractivity contribution in [2.45, 2.75) is 51.2 Å². The molecule has 0 spiro atoms. The van der Waals surface area contributed by atoms with Gasteiger partial charge in [-0.15, -0.1) is 0 Å². The fourth-order valence-electron chi connectivity index (χ4n) is 2.89. The lowest BCUT2D eigenvalue weighted by Crippen LogP contribution is -2.43. The first-order valence-electron chi connectivity index (χ1n) is 7.33. The van der Waals surface area contributed by atoms with Crippen molar-refractivity contribution in [2.75, 3.05) is 11.9 Å². The van der Waals surface area contributed by atoms with Gasteiger partial charge in [-0.2, -0.15) is 0 Å². The lowest BCUT2D eigenvalue weighted by Gasteiger charge is -2.40. The van der Waals surface area contributed by atoms with Crippen molar-refractivity contribution >= 4 is 11.4 Å². The summed E-state index contributed by atoms with van der Waals surface area (Å²) in [4.78, 5) is 10.2.